The van der Waals surface area contributed by atoms with Gasteiger partial charge < -0.3 is 10.6 Å². The summed E-state index contributed by atoms with van der Waals surface area (Å²) < 4.78 is 0. The molecule has 4 aromatic rings. The minimum absolute atomic E-state index is 0.251. The maximum absolute atomic E-state index is 12.8. The summed E-state index contributed by atoms with van der Waals surface area (Å²) in [6.07, 6.45) is 1.51. The molecule has 2 heterocycles. The highest BCUT2D eigenvalue weighted by molar-refractivity contribution is 6.22. The molecule has 0 saturated carbocycles. The first-order valence-corrected chi connectivity index (χ1v) is 11.5. The highest BCUT2D eigenvalue weighted by Gasteiger charge is 2.37. The number of amides is 3. The third-order valence-corrected chi connectivity index (χ3v) is 5.85. The van der Waals surface area contributed by atoms with Crippen LogP contribution in [0.2, 0.25) is 0 Å². The van der Waals surface area contributed by atoms with Crippen molar-refractivity contribution in [2.24, 2.45) is 0 Å². The molecule has 0 atom stereocenters. The number of rotatable bonds is 6. The number of nitrogens with one attached hydrogen (secondary N) is 2. The van der Waals surface area contributed by atoms with E-state index in [1.54, 1.807) is 32.0 Å². The zero-order valence-corrected chi connectivity index (χ0v) is 19.7. The maximum Gasteiger partial charge on any atom is 0.261 e. The molecule has 1 aromatic heterocycles. The van der Waals surface area contributed by atoms with Crippen LogP contribution in [-0.2, 0) is 0 Å². The molecule has 3 aromatic carbocycles. The Balaban J connectivity index is 1.27. The van der Waals surface area contributed by atoms with E-state index in [4.69, 9.17) is 0 Å². The van der Waals surface area contributed by atoms with Crippen molar-refractivity contribution in [2.75, 3.05) is 10.6 Å². The second-order valence-corrected chi connectivity index (χ2v) is 8.65. The lowest BCUT2D eigenvalue weighted by atomic mass is 10.1. The quantitative estimate of drug-likeness (QED) is 0.373. The van der Waals surface area contributed by atoms with Crippen LogP contribution in [0.5, 0.6) is 0 Å². The lowest BCUT2D eigenvalue weighted by Crippen LogP contribution is -2.35. The minimum Gasteiger partial charge on any atom is -0.340 e. The SMILES string of the molecule is CC(C)N1C(=O)c2ccc(C(=O)Nc3ccc(Nc4cc(-c5ccccc5)ncn4)cc3)cc2C1=O. The van der Waals surface area contributed by atoms with Gasteiger partial charge in [-0.25, -0.2) is 9.97 Å². The zero-order chi connectivity index (χ0) is 25.2. The Morgan fingerprint density at radius 3 is 2.22 bits per heavy atom. The van der Waals surface area contributed by atoms with Gasteiger partial charge in [0.05, 0.1) is 16.8 Å². The number of anilines is 3. The van der Waals surface area contributed by atoms with Crippen molar-refractivity contribution in [3.63, 3.8) is 0 Å². The number of aromatic nitrogens is 2. The van der Waals surface area contributed by atoms with Gasteiger partial charge >= 0.3 is 0 Å². The highest BCUT2D eigenvalue weighted by Crippen LogP contribution is 2.26. The first kappa shape index (κ1) is 22.9. The summed E-state index contributed by atoms with van der Waals surface area (Å²) in [5.41, 5.74) is 4.06. The Bertz CT molecular complexity index is 1470. The monoisotopic (exact) mass is 477 g/mol. The van der Waals surface area contributed by atoms with Gasteiger partial charge in [-0.2, -0.15) is 0 Å². The van der Waals surface area contributed by atoms with Gasteiger partial charge in [0.15, 0.2) is 0 Å². The van der Waals surface area contributed by atoms with E-state index in [2.05, 4.69) is 20.6 Å². The molecule has 2 N–H and O–H groups in total. The number of carbonyl (C=O) groups excluding carboxylic acids is 3. The number of hydrogen-bond donors (Lipinski definition) is 2. The van der Waals surface area contributed by atoms with Crippen LogP contribution in [0.3, 0.4) is 0 Å². The van der Waals surface area contributed by atoms with Crippen molar-refractivity contribution >= 4 is 34.9 Å². The van der Waals surface area contributed by atoms with E-state index in [-0.39, 0.29) is 29.3 Å². The molecule has 3 amide bonds. The fourth-order valence-electron chi connectivity index (χ4n) is 4.05. The van der Waals surface area contributed by atoms with E-state index in [9.17, 15) is 14.4 Å². The van der Waals surface area contributed by atoms with E-state index in [1.165, 1.54) is 23.4 Å². The molecule has 36 heavy (non-hydrogen) atoms. The van der Waals surface area contributed by atoms with Crippen LogP contribution in [0.15, 0.2) is 85.2 Å². The van der Waals surface area contributed by atoms with Crippen LogP contribution in [-0.4, -0.2) is 38.6 Å². The Labute approximate surface area is 208 Å². The molecule has 178 valence electrons. The van der Waals surface area contributed by atoms with E-state index < -0.39 is 0 Å². The molecule has 1 aliphatic heterocycles. The molecule has 0 fully saturated rings. The molecular formula is C28H23N5O3. The van der Waals surface area contributed by atoms with E-state index in [1.807, 2.05) is 48.5 Å². The molecule has 8 heteroatoms. The van der Waals surface area contributed by atoms with Gasteiger partial charge in [0.2, 0.25) is 0 Å². The van der Waals surface area contributed by atoms with Gasteiger partial charge in [0.1, 0.15) is 12.1 Å². The van der Waals surface area contributed by atoms with Crippen molar-refractivity contribution in [1.29, 1.82) is 0 Å². The summed E-state index contributed by atoms with van der Waals surface area (Å²) in [5, 5.41) is 6.07. The van der Waals surface area contributed by atoms with Crippen molar-refractivity contribution in [1.82, 2.24) is 14.9 Å². The van der Waals surface area contributed by atoms with E-state index in [0.29, 0.717) is 22.6 Å². The van der Waals surface area contributed by atoms with E-state index >= 15 is 0 Å². The molecule has 0 saturated heterocycles. The van der Waals surface area contributed by atoms with Crippen LogP contribution < -0.4 is 10.6 Å². The van der Waals surface area contributed by atoms with Crippen LogP contribution >= 0.6 is 0 Å². The van der Waals surface area contributed by atoms with Crippen molar-refractivity contribution in [2.45, 2.75) is 19.9 Å². The minimum atomic E-state index is -0.379. The number of imide groups is 1. The fourth-order valence-corrected chi connectivity index (χ4v) is 4.05. The van der Waals surface area contributed by atoms with Gasteiger partial charge in [-0.05, 0) is 56.3 Å². The predicted molar refractivity (Wildman–Crippen MR) is 137 cm³/mol. The lowest BCUT2D eigenvalue weighted by molar-refractivity contribution is 0.0609. The highest BCUT2D eigenvalue weighted by atomic mass is 16.2. The van der Waals surface area contributed by atoms with Gasteiger partial charge in [-0.3, -0.25) is 19.3 Å². The summed E-state index contributed by atoms with van der Waals surface area (Å²) in [6, 6.07) is 23.2. The van der Waals surface area contributed by atoms with Crippen LogP contribution in [0.1, 0.15) is 44.9 Å². The first-order chi connectivity index (χ1) is 17.4. The van der Waals surface area contributed by atoms with E-state index in [0.717, 1.165) is 16.9 Å². The summed E-state index contributed by atoms with van der Waals surface area (Å²) in [7, 11) is 0. The molecule has 0 bridgehead atoms. The second-order valence-electron chi connectivity index (χ2n) is 8.65. The van der Waals surface area contributed by atoms with Crippen molar-refractivity contribution in [3.8, 4) is 11.3 Å². The molecule has 8 nitrogen and oxygen atoms in total. The molecular weight excluding hydrogens is 454 g/mol. The predicted octanol–water partition coefficient (Wildman–Crippen LogP) is 5.14. The molecule has 5 rings (SSSR count). The third kappa shape index (κ3) is 4.44. The Morgan fingerprint density at radius 1 is 0.806 bits per heavy atom. The van der Waals surface area contributed by atoms with Crippen LogP contribution in [0.25, 0.3) is 11.3 Å². The Kier molecular flexibility index (Phi) is 6.00. The van der Waals surface area contributed by atoms with Crippen molar-refractivity contribution < 1.29 is 14.4 Å². The van der Waals surface area contributed by atoms with Crippen LogP contribution in [0.4, 0.5) is 17.2 Å². The maximum atomic E-state index is 12.8. The second kappa shape index (κ2) is 9.42. The first-order valence-electron chi connectivity index (χ1n) is 11.5. The Hall–Kier alpha value is -4.85. The van der Waals surface area contributed by atoms with Crippen molar-refractivity contribution in [3.05, 3.63) is 102 Å². The summed E-state index contributed by atoms with van der Waals surface area (Å²) >= 11 is 0. The average Bonchev–Trinajstić information content (AvgIpc) is 3.15. The number of hydrogen-bond acceptors (Lipinski definition) is 6. The molecule has 0 aliphatic carbocycles. The largest absolute Gasteiger partial charge is 0.340 e. The summed E-state index contributed by atoms with van der Waals surface area (Å²) in [5.74, 6) is -0.437. The van der Waals surface area contributed by atoms with Gasteiger partial charge in [0, 0.05) is 34.6 Å². The standard InChI is InChI=1S/C28H23N5O3/c1-17(2)33-27(35)22-13-8-19(14-23(22)28(33)36)26(34)32-21-11-9-20(10-12-21)31-25-15-24(29-16-30-25)18-6-4-3-5-7-18/h3-17H,1-2H3,(H,32,34)(H,29,30,31). The molecule has 0 spiro atoms. The fraction of sp³-hybridized carbons (Fsp3) is 0.107. The van der Waals surface area contributed by atoms with Gasteiger partial charge in [-0.15, -0.1) is 0 Å². The molecule has 0 radical (unpaired) electrons. The van der Waals surface area contributed by atoms with Gasteiger partial charge in [-0.1, -0.05) is 30.3 Å². The third-order valence-electron chi connectivity index (χ3n) is 5.85. The topological polar surface area (TPSA) is 104 Å². The van der Waals surface area contributed by atoms with Crippen LogP contribution in [0, 0.1) is 0 Å². The summed E-state index contributed by atoms with van der Waals surface area (Å²) in [4.78, 5) is 47.7. The smallest absolute Gasteiger partial charge is 0.261 e. The number of nitrogens with zero attached hydrogens (tertiary/aromatic N) is 3. The number of fused-ring (bicyclic) bond motifs is 1. The summed E-state index contributed by atoms with van der Waals surface area (Å²) in [6.45, 7) is 3.56. The average molecular weight is 478 g/mol. The van der Waals surface area contributed by atoms with Gasteiger partial charge in [0.25, 0.3) is 17.7 Å². The Morgan fingerprint density at radius 2 is 1.50 bits per heavy atom. The number of benzene rings is 3. The zero-order valence-electron chi connectivity index (χ0n) is 19.7. The molecule has 0 unspecified atom stereocenters. The normalized spacial score (nSPS) is 12.6. The lowest BCUT2D eigenvalue weighted by Gasteiger charge is -2.17. The molecule has 1 aliphatic rings. The number of carbonyl (C=O) groups is 3.